The summed E-state index contributed by atoms with van der Waals surface area (Å²) in [5, 5.41) is 13.0. The summed E-state index contributed by atoms with van der Waals surface area (Å²) in [7, 11) is 2.04. The maximum absolute atomic E-state index is 13.1. The van der Waals surface area contributed by atoms with Gasteiger partial charge in [-0.05, 0) is 135 Å². The van der Waals surface area contributed by atoms with Gasteiger partial charge in [0.25, 0.3) is 5.91 Å². The molecule has 0 aliphatic carbocycles. The number of rotatable bonds is 17. The van der Waals surface area contributed by atoms with Crippen LogP contribution in [-0.2, 0) is 6.42 Å². The van der Waals surface area contributed by atoms with Gasteiger partial charge in [-0.1, -0.05) is 72.3 Å². The van der Waals surface area contributed by atoms with Crippen LogP contribution in [0.3, 0.4) is 0 Å². The van der Waals surface area contributed by atoms with Crippen molar-refractivity contribution in [1.29, 1.82) is 0 Å². The molecule has 6 rings (SSSR count). The lowest BCUT2D eigenvalue weighted by Gasteiger charge is -2.34. The second kappa shape index (κ2) is 20.2. The van der Waals surface area contributed by atoms with E-state index in [-0.39, 0.29) is 18.6 Å². The number of likely N-dealkylation sites (N-methyl/N-ethyl adjacent to an activating group) is 1. The molecule has 0 spiro atoms. The first kappa shape index (κ1) is 39.8. The van der Waals surface area contributed by atoms with E-state index in [1.807, 2.05) is 55.2 Å². The minimum Gasteiger partial charge on any atom is -0.395 e. The predicted octanol–water partition coefficient (Wildman–Crippen LogP) is 9.73. The van der Waals surface area contributed by atoms with E-state index < -0.39 is 0 Å². The zero-order chi connectivity index (χ0) is 37.7. The molecule has 0 radical (unpaired) electrons. The maximum Gasteiger partial charge on any atom is 0.261 e. The first-order valence-corrected chi connectivity index (χ1v) is 21.1. The van der Waals surface area contributed by atoms with Crippen molar-refractivity contribution in [3.63, 3.8) is 0 Å². The number of carbonyl (C=O) groups excluding carboxylic acids is 1. The Hall–Kier alpha value is -3.86. The molecule has 1 atom stereocenters. The maximum atomic E-state index is 13.1. The van der Waals surface area contributed by atoms with E-state index in [2.05, 4.69) is 112 Å². The molecular weight excluding hydrogens is 725 g/mol. The predicted molar refractivity (Wildman–Crippen MR) is 232 cm³/mol. The lowest BCUT2D eigenvalue weighted by atomic mass is 9.86. The summed E-state index contributed by atoms with van der Waals surface area (Å²) in [5.41, 5.74) is 8.13. The number of aryl methyl sites for hydroxylation is 1. The molecule has 5 aromatic carbocycles. The number of thioether (sulfide) groups is 1. The highest BCUT2D eigenvalue weighted by molar-refractivity contribution is 7.99. The summed E-state index contributed by atoms with van der Waals surface area (Å²) < 4.78 is 3.01. The Bertz CT molecular complexity index is 1920. The Labute approximate surface area is 335 Å². The van der Waals surface area contributed by atoms with Crippen LogP contribution in [0.5, 0.6) is 0 Å². The quantitative estimate of drug-likeness (QED) is 0.0426. The summed E-state index contributed by atoms with van der Waals surface area (Å²) >= 11 is 7.94. The van der Waals surface area contributed by atoms with Crippen molar-refractivity contribution < 1.29 is 9.90 Å². The molecule has 0 aromatic heterocycles. The van der Waals surface area contributed by atoms with Crippen LogP contribution >= 0.6 is 36.3 Å². The Morgan fingerprint density at radius 1 is 0.889 bits per heavy atom. The fourth-order valence-electron chi connectivity index (χ4n) is 6.89. The molecule has 1 aliphatic rings. The number of aliphatic hydroxyl groups excluding tert-OH is 1. The molecule has 9 heteroatoms. The summed E-state index contributed by atoms with van der Waals surface area (Å²) in [4.78, 5) is 20.7. The van der Waals surface area contributed by atoms with Gasteiger partial charge in [0.1, 0.15) is 0 Å². The molecule has 1 fully saturated rings. The zero-order valence-electron chi connectivity index (χ0n) is 31.3. The average molecular weight is 777 g/mol. The second-order valence-electron chi connectivity index (χ2n) is 14.2. The summed E-state index contributed by atoms with van der Waals surface area (Å²) in [5.74, 6) is 1.44. The van der Waals surface area contributed by atoms with Gasteiger partial charge in [-0.15, -0.1) is 24.4 Å². The van der Waals surface area contributed by atoms with Crippen LogP contribution in [0.15, 0.2) is 136 Å². The average Bonchev–Trinajstić information content (AvgIpc) is 3.20. The van der Waals surface area contributed by atoms with Crippen LogP contribution in [0.4, 0.5) is 11.4 Å². The van der Waals surface area contributed by atoms with Gasteiger partial charge in [-0.2, -0.15) is 0 Å². The minimum absolute atomic E-state index is 0.120. The van der Waals surface area contributed by atoms with Gasteiger partial charge in [0.05, 0.1) is 6.61 Å². The lowest BCUT2D eigenvalue weighted by molar-refractivity contribution is 0.0984. The highest BCUT2D eigenvalue weighted by Crippen LogP contribution is 2.32. The molecule has 1 saturated heterocycles. The second-order valence-corrected chi connectivity index (χ2v) is 16.7. The molecule has 282 valence electrons. The fraction of sp³-hybridized carbons (Fsp3) is 0.311. The van der Waals surface area contributed by atoms with Crippen molar-refractivity contribution >= 4 is 53.6 Å². The van der Waals surface area contributed by atoms with Gasteiger partial charge in [0.2, 0.25) is 0 Å². The number of aliphatic hydroxyl groups is 1. The van der Waals surface area contributed by atoms with Crippen LogP contribution in [0, 0.1) is 12.8 Å². The largest absolute Gasteiger partial charge is 0.395 e. The number of amides is 1. The smallest absolute Gasteiger partial charge is 0.261 e. The lowest BCUT2D eigenvalue weighted by Crippen LogP contribution is -2.34. The van der Waals surface area contributed by atoms with Gasteiger partial charge >= 0.3 is 0 Å². The van der Waals surface area contributed by atoms with Crippen LogP contribution < -0.4 is 14.9 Å². The van der Waals surface area contributed by atoms with E-state index in [1.165, 1.54) is 44.8 Å². The molecule has 54 heavy (non-hydrogen) atoms. The molecule has 1 unspecified atom stereocenters. The molecule has 1 amide bonds. The summed E-state index contributed by atoms with van der Waals surface area (Å²) in [6, 6.07) is 42.4. The number of benzene rings is 5. The summed E-state index contributed by atoms with van der Waals surface area (Å²) in [6.07, 6.45) is 4.33. The number of thiol groups is 1. The van der Waals surface area contributed by atoms with E-state index in [1.54, 1.807) is 0 Å². The van der Waals surface area contributed by atoms with Gasteiger partial charge in [0, 0.05) is 63.1 Å². The number of nitrogens with one attached hydrogen (secondary N) is 2. The number of anilines is 2. The number of piperidine rings is 1. The molecule has 1 aliphatic heterocycles. The van der Waals surface area contributed by atoms with E-state index in [0.717, 1.165) is 66.5 Å². The van der Waals surface area contributed by atoms with Crippen molar-refractivity contribution in [1.82, 2.24) is 9.62 Å². The van der Waals surface area contributed by atoms with Gasteiger partial charge in [-0.3, -0.25) is 9.52 Å². The number of nitrogens with zero attached hydrogens (tertiary/aromatic N) is 2. The third-order valence-corrected chi connectivity index (χ3v) is 12.4. The molecule has 5 aromatic rings. The van der Waals surface area contributed by atoms with Crippen molar-refractivity contribution in [2.45, 2.75) is 53.3 Å². The summed E-state index contributed by atoms with van der Waals surface area (Å²) in [6.45, 7) is 5.85. The van der Waals surface area contributed by atoms with Crippen LogP contribution in [0.1, 0.15) is 40.7 Å². The number of hydrogen-bond acceptors (Lipinski definition) is 8. The molecule has 6 nitrogen and oxygen atoms in total. The zero-order valence-corrected chi connectivity index (χ0v) is 33.8. The van der Waals surface area contributed by atoms with Crippen molar-refractivity contribution in [3.05, 3.63) is 138 Å². The Balaban J connectivity index is 0.977. The molecule has 1 heterocycles. The Morgan fingerprint density at radius 3 is 2.33 bits per heavy atom. The first-order valence-electron chi connectivity index (χ1n) is 18.9. The van der Waals surface area contributed by atoms with Crippen LogP contribution in [-0.4, -0.2) is 67.5 Å². The van der Waals surface area contributed by atoms with E-state index in [0.29, 0.717) is 18.0 Å². The van der Waals surface area contributed by atoms with Gasteiger partial charge in [-0.25, -0.2) is 0 Å². The van der Waals surface area contributed by atoms with Gasteiger partial charge in [0.15, 0.2) is 0 Å². The highest BCUT2D eigenvalue weighted by atomic mass is 32.2. The Morgan fingerprint density at radius 2 is 1.61 bits per heavy atom. The van der Waals surface area contributed by atoms with Crippen LogP contribution in [0.2, 0.25) is 0 Å². The number of carbonyl (C=O) groups is 1. The SMILES string of the molecule is Cc1ccc(-c2ccccc2CC2CCN(c3ccc(C(=O)NSc4ccc(NC(CCN(C)CCO)CSc5ccccc5)c(S)c4)cc3)CC2)cc1. The van der Waals surface area contributed by atoms with E-state index in [9.17, 15) is 9.90 Å². The highest BCUT2D eigenvalue weighted by Gasteiger charge is 2.21. The third kappa shape index (κ3) is 11.6. The van der Waals surface area contributed by atoms with Crippen molar-refractivity contribution in [2.75, 3.05) is 55.8 Å². The monoisotopic (exact) mass is 776 g/mol. The first-order chi connectivity index (χ1) is 26.3. The van der Waals surface area contributed by atoms with E-state index in [4.69, 9.17) is 12.6 Å². The Kier molecular flexibility index (Phi) is 14.9. The molecule has 0 bridgehead atoms. The van der Waals surface area contributed by atoms with Gasteiger partial charge < -0.3 is 20.2 Å². The molecule has 0 saturated carbocycles. The van der Waals surface area contributed by atoms with Crippen LogP contribution in [0.25, 0.3) is 11.1 Å². The minimum atomic E-state index is -0.120. The van der Waals surface area contributed by atoms with E-state index >= 15 is 0 Å². The van der Waals surface area contributed by atoms with Crippen molar-refractivity contribution in [2.24, 2.45) is 5.92 Å². The number of hydrogen-bond donors (Lipinski definition) is 4. The topological polar surface area (TPSA) is 67.8 Å². The third-order valence-electron chi connectivity index (χ3n) is 10.1. The molecular formula is C45H52N4O2S3. The molecule has 3 N–H and O–H groups in total. The fourth-order valence-corrected chi connectivity index (χ4v) is 8.89. The van der Waals surface area contributed by atoms with Crippen molar-refractivity contribution in [3.8, 4) is 11.1 Å². The standard InChI is InChI=1S/C45H52N4O2S3/c1-33-12-14-35(15-13-33)42-11-7-6-8-37(42)30-34-22-26-49(27-23-34)39-18-16-36(17-19-39)45(51)47-54-41-20-21-43(44(52)31-41)46-38(24-25-48(2)28-29-50)32-53-40-9-4-3-5-10-40/h3-21,31,34,38,46,50,52H,22-30,32H2,1-2H3,(H,47,51). The normalized spacial score (nSPS) is 13.9.